The zero-order valence-corrected chi connectivity index (χ0v) is 12.4. The Bertz CT molecular complexity index is 370. The van der Waals surface area contributed by atoms with Gasteiger partial charge in [-0.05, 0) is 25.7 Å². The molecule has 1 atom stereocenters. The van der Waals surface area contributed by atoms with Gasteiger partial charge in [0.1, 0.15) is 0 Å². The highest BCUT2D eigenvalue weighted by Gasteiger charge is 2.28. The number of nitrogens with one attached hydrogen (secondary N) is 1. The number of carbonyl (C=O) groups is 1. The average Bonchev–Trinajstić information content (AvgIpc) is 2.80. The fraction of sp³-hybridized carbons (Fsp3) is 0.923. The Labute approximate surface area is 110 Å². The molecule has 0 radical (unpaired) electrons. The van der Waals surface area contributed by atoms with Crippen LogP contribution in [0.5, 0.6) is 0 Å². The van der Waals surface area contributed by atoms with E-state index in [1.807, 2.05) is 20.8 Å². The molecule has 1 amide bonds. The topological polar surface area (TPSA) is 63.2 Å². The minimum atomic E-state index is -3.07. The van der Waals surface area contributed by atoms with Crippen molar-refractivity contribution in [3.8, 4) is 0 Å². The number of hydrogen-bond acceptors (Lipinski definition) is 3. The summed E-state index contributed by atoms with van der Waals surface area (Å²) in [5.41, 5.74) is 0. The largest absolute Gasteiger partial charge is 0.353 e. The van der Waals surface area contributed by atoms with Gasteiger partial charge >= 0.3 is 0 Å². The zero-order valence-electron chi connectivity index (χ0n) is 11.6. The van der Waals surface area contributed by atoms with Crippen LogP contribution in [0.15, 0.2) is 0 Å². The van der Waals surface area contributed by atoms with Crippen LogP contribution in [0, 0.1) is 5.92 Å². The van der Waals surface area contributed by atoms with Gasteiger partial charge in [0, 0.05) is 12.5 Å². The smallest absolute Gasteiger partial charge is 0.221 e. The first-order valence-electron chi connectivity index (χ1n) is 6.84. The molecule has 1 aliphatic rings. The molecule has 1 saturated carbocycles. The lowest BCUT2D eigenvalue weighted by molar-refractivity contribution is -0.121. The summed E-state index contributed by atoms with van der Waals surface area (Å²) < 4.78 is 24.0. The molecule has 1 rings (SSSR count). The Morgan fingerprint density at radius 1 is 1.22 bits per heavy atom. The third kappa shape index (κ3) is 4.59. The van der Waals surface area contributed by atoms with Crippen LogP contribution in [0.3, 0.4) is 0 Å². The molecular weight excluding hydrogens is 250 g/mol. The third-order valence-corrected chi connectivity index (χ3v) is 6.07. The summed E-state index contributed by atoms with van der Waals surface area (Å²) in [7, 11) is -3.07. The molecule has 1 fully saturated rings. The lowest BCUT2D eigenvalue weighted by atomic mass is 10.1. The van der Waals surface area contributed by atoms with Crippen molar-refractivity contribution in [3.05, 3.63) is 0 Å². The molecule has 1 unspecified atom stereocenters. The number of amides is 1. The second kappa shape index (κ2) is 6.55. The fourth-order valence-corrected chi connectivity index (χ4v) is 4.00. The summed E-state index contributed by atoms with van der Waals surface area (Å²) in [6, 6.07) is 0.0895. The Balaban J connectivity index is 2.37. The van der Waals surface area contributed by atoms with Crippen LogP contribution in [-0.4, -0.2) is 31.4 Å². The summed E-state index contributed by atoms with van der Waals surface area (Å²) in [5, 5.41) is 2.64. The van der Waals surface area contributed by atoms with Gasteiger partial charge in [-0.2, -0.15) is 0 Å². The fourth-order valence-electron chi connectivity index (χ4n) is 2.14. The van der Waals surface area contributed by atoms with Gasteiger partial charge in [0.05, 0.1) is 11.0 Å². The predicted octanol–water partition coefficient (Wildman–Crippen LogP) is 1.89. The van der Waals surface area contributed by atoms with E-state index < -0.39 is 9.84 Å². The third-order valence-electron chi connectivity index (χ3n) is 3.81. The van der Waals surface area contributed by atoms with Gasteiger partial charge in [-0.1, -0.05) is 26.7 Å². The van der Waals surface area contributed by atoms with Crippen molar-refractivity contribution in [2.75, 3.05) is 5.75 Å². The monoisotopic (exact) mass is 275 g/mol. The summed E-state index contributed by atoms with van der Waals surface area (Å²) in [5.74, 6) is 0.201. The van der Waals surface area contributed by atoms with Crippen LogP contribution in [0.4, 0.5) is 0 Å². The van der Waals surface area contributed by atoms with E-state index in [0.717, 1.165) is 25.7 Å². The highest BCUT2D eigenvalue weighted by molar-refractivity contribution is 7.92. The van der Waals surface area contributed by atoms with Crippen LogP contribution in [0.1, 0.15) is 52.9 Å². The van der Waals surface area contributed by atoms with Gasteiger partial charge in [0.2, 0.25) is 5.91 Å². The number of hydrogen-bond donors (Lipinski definition) is 1. The second-order valence-electron chi connectivity index (χ2n) is 5.62. The van der Waals surface area contributed by atoms with Gasteiger partial charge in [-0.3, -0.25) is 4.79 Å². The van der Waals surface area contributed by atoms with Crippen molar-refractivity contribution >= 4 is 15.7 Å². The van der Waals surface area contributed by atoms with Crippen molar-refractivity contribution in [1.29, 1.82) is 0 Å². The first kappa shape index (κ1) is 15.5. The molecule has 1 N–H and O–H groups in total. The van der Waals surface area contributed by atoms with E-state index >= 15 is 0 Å². The molecule has 1 aliphatic carbocycles. The van der Waals surface area contributed by atoms with Crippen LogP contribution in [0.25, 0.3) is 0 Å². The summed E-state index contributed by atoms with van der Waals surface area (Å²) in [6.45, 7) is 5.99. The highest BCUT2D eigenvalue weighted by Crippen LogP contribution is 2.25. The average molecular weight is 275 g/mol. The normalized spacial score (nSPS) is 19.1. The maximum Gasteiger partial charge on any atom is 0.221 e. The van der Waals surface area contributed by atoms with E-state index in [-0.39, 0.29) is 29.4 Å². The number of rotatable bonds is 6. The van der Waals surface area contributed by atoms with Crippen molar-refractivity contribution < 1.29 is 13.2 Å². The first-order valence-corrected chi connectivity index (χ1v) is 8.55. The highest BCUT2D eigenvalue weighted by atomic mass is 32.2. The van der Waals surface area contributed by atoms with Crippen molar-refractivity contribution in [2.24, 2.45) is 5.92 Å². The number of carbonyl (C=O) groups excluding carboxylic acids is 1. The molecule has 4 nitrogen and oxygen atoms in total. The molecule has 0 aromatic carbocycles. The van der Waals surface area contributed by atoms with E-state index in [9.17, 15) is 13.2 Å². The maximum atomic E-state index is 12.0. The lowest BCUT2D eigenvalue weighted by Gasteiger charge is -2.17. The second-order valence-corrected chi connectivity index (χ2v) is 8.02. The summed E-state index contributed by atoms with van der Waals surface area (Å²) in [4.78, 5) is 11.6. The molecular formula is C13H25NO3S. The Morgan fingerprint density at radius 2 is 1.78 bits per heavy atom. The van der Waals surface area contributed by atoms with Gasteiger partial charge < -0.3 is 5.32 Å². The van der Waals surface area contributed by atoms with Crippen molar-refractivity contribution in [3.63, 3.8) is 0 Å². The summed E-state index contributed by atoms with van der Waals surface area (Å²) >= 11 is 0. The lowest BCUT2D eigenvalue weighted by Crippen LogP contribution is -2.37. The molecule has 0 aromatic heterocycles. The van der Waals surface area contributed by atoms with E-state index in [0.29, 0.717) is 5.92 Å². The minimum Gasteiger partial charge on any atom is -0.353 e. The van der Waals surface area contributed by atoms with Crippen LogP contribution in [-0.2, 0) is 14.6 Å². The van der Waals surface area contributed by atoms with Crippen LogP contribution >= 0.6 is 0 Å². The molecule has 106 valence electrons. The van der Waals surface area contributed by atoms with Crippen LogP contribution < -0.4 is 5.32 Å². The standard InChI is InChI=1S/C13H25NO3S/c1-10(2)11(3)14-13(15)8-9-18(16,17)12-6-4-5-7-12/h10-12H,4-9H2,1-3H3,(H,14,15). The quantitative estimate of drug-likeness (QED) is 0.805. The minimum absolute atomic E-state index is 0.00564. The van der Waals surface area contributed by atoms with Gasteiger partial charge in [-0.15, -0.1) is 0 Å². The molecule has 0 aliphatic heterocycles. The first-order chi connectivity index (χ1) is 8.33. The number of sulfone groups is 1. The molecule has 18 heavy (non-hydrogen) atoms. The van der Waals surface area contributed by atoms with E-state index in [4.69, 9.17) is 0 Å². The summed E-state index contributed by atoms with van der Waals surface area (Å²) in [6.07, 6.45) is 3.63. The molecule has 0 heterocycles. The zero-order chi connectivity index (χ0) is 13.8. The van der Waals surface area contributed by atoms with Gasteiger partial charge in [0.15, 0.2) is 9.84 Å². The van der Waals surface area contributed by atoms with E-state index in [1.165, 1.54) is 0 Å². The Kier molecular flexibility index (Phi) is 5.63. The molecule has 0 aromatic rings. The van der Waals surface area contributed by atoms with Crippen LogP contribution in [0.2, 0.25) is 0 Å². The molecule has 0 spiro atoms. The Hall–Kier alpha value is -0.580. The van der Waals surface area contributed by atoms with Crippen molar-refractivity contribution in [2.45, 2.75) is 64.2 Å². The predicted molar refractivity (Wildman–Crippen MR) is 73.1 cm³/mol. The maximum absolute atomic E-state index is 12.0. The molecule has 0 saturated heterocycles. The molecule has 0 bridgehead atoms. The van der Waals surface area contributed by atoms with Gasteiger partial charge in [-0.25, -0.2) is 8.42 Å². The Morgan fingerprint density at radius 3 is 2.28 bits per heavy atom. The van der Waals surface area contributed by atoms with E-state index in [1.54, 1.807) is 0 Å². The van der Waals surface area contributed by atoms with Gasteiger partial charge in [0.25, 0.3) is 0 Å². The van der Waals surface area contributed by atoms with E-state index in [2.05, 4.69) is 5.32 Å². The van der Waals surface area contributed by atoms with Crippen molar-refractivity contribution in [1.82, 2.24) is 5.32 Å². The molecule has 5 heteroatoms. The SMILES string of the molecule is CC(C)C(C)NC(=O)CCS(=O)(=O)C1CCCC1.